The van der Waals surface area contributed by atoms with Crippen molar-refractivity contribution >= 4 is 11.5 Å². The highest BCUT2D eigenvalue weighted by atomic mass is 19.1. The van der Waals surface area contributed by atoms with Gasteiger partial charge in [0.25, 0.3) is 0 Å². The van der Waals surface area contributed by atoms with E-state index in [0.29, 0.717) is 5.56 Å². The van der Waals surface area contributed by atoms with Crippen LogP contribution in [0.15, 0.2) is 18.2 Å². The van der Waals surface area contributed by atoms with E-state index in [1.54, 1.807) is 6.07 Å². The largest absolute Gasteiger partial charge is 0.396 e. The molecule has 17 heavy (non-hydrogen) atoms. The van der Waals surface area contributed by atoms with Crippen molar-refractivity contribution in [1.29, 1.82) is 0 Å². The van der Waals surface area contributed by atoms with E-state index >= 15 is 0 Å². The Kier molecular flexibility index (Phi) is 3.18. The molecule has 92 valence electrons. The predicted octanol–water partition coefficient (Wildman–Crippen LogP) is 3.56. The minimum atomic E-state index is -0.504. The molecule has 1 saturated carbocycles. The molecule has 0 atom stereocenters. The monoisotopic (exact) mass is 235 g/mol. The fraction of sp³-hybridized carbons (Fsp3) is 0.500. The number of nitrogen functional groups attached to an aromatic ring is 1. The summed E-state index contributed by atoms with van der Waals surface area (Å²) in [7, 11) is 0. The summed E-state index contributed by atoms with van der Waals surface area (Å²) < 4.78 is 13.4. The first kappa shape index (κ1) is 12.1. The summed E-state index contributed by atoms with van der Waals surface area (Å²) in [4.78, 5) is 12.4. The van der Waals surface area contributed by atoms with Crippen LogP contribution in [0.4, 0.5) is 10.1 Å². The molecule has 0 bridgehead atoms. The van der Waals surface area contributed by atoms with Crippen molar-refractivity contribution in [2.75, 3.05) is 5.73 Å². The number of halogens is 1. The van der Waals surface area contributed by atoms with Crippen molar-refractivity contribution < 1.29 is 9.18 Å². The minimum absolute atomic E-state index is 0.0519. The Hall–Kier alpha value is -1.38. The summed E-state index contributed by atoms with van der Waals surface area (Å²) in [6.07, 6.45) is 5.16. The van der Waals surface area contributed by atoms with Crippen LogP contribution in [0, 0.1) is 11.2 Å². The lowest BCUT2D eigenvalue weighted by atomic mass is 9.71. The molecule has 0 saturated heterocycles. The van der Waals surface area contributed by atoms with Crippen LogP contribution in [0.3, 0.4) is 0 Å². The van der Waals surface area contributed by atoms with Crippen LogP contribution >= 0.6 is 0 Å². The van der Waals surface area contributed by atoms with E-state index in [1.807, 2.05) is 6.92 Å². The first-order valence-electron chi connectivity index (χ1n) is 6.13. The van der Waals surface area contributed by atoms with Gasteiger partial charge < -0.3 is 5.73 Å². The molecule has 1 fully saturated rings. The highest BCUT2D eigenvalue weighted by molar-refractivity contribution is 6.00. The Morgan fingerprint density at radius 3 is 2.53 bits per heavy atom. The number of ketones is 1. The summed E-state index contributed by atoms with van der Waals surface area (Å²) in [6.45, 7) is 1.99. The Morgan fingerprint density at radius 2 is 1.94 bits per heavy atom. The van der Waals surface area contributed by atoms with Gasteiger partial charge in [-0.05, 0) is 31.0 Å². The second-order valence-corrected chi connectivity index (χ2v) is 5.19. The van der Waals surface area contributed by atoms with E-state index in [-0.39, 0.29) is 16.9 Å². The second-order valence-electron chi connectivity index (χ2n) is 5.19. The maximum absolute atomic E-state index is 13.4. The third-order valence-electron chi connectivity index (χ3n) is 3.77. The van der Waals surface area contributed by atoms with Crippen LogP contribution < -0.4 is 5.73 Å². The van der Waals surface area contributed by atoms with Crippen molar-refractivity contribution in [3.63, 3.8) is 0 Å². The van der Waals surface area contributed by atoms with Gasteiger partial charge in [0.15, 0.2) is 5.78 Å². The van der Waals surface area contributed by atoms with Crippen molar-refractivity contribution in [2.45, 2.75) is 39.0 Å². The van der Waals surface area contributed by atoms with E-state index in [2.05, 4.69) is 0 Å². The number of carbonyl (C=O) groups excluding carboxylic acids is 1. The molecule has 0 heterocycles. The van der Waals surface area contributed by atoms with Crippen molar-refractivity contribution in [3.05, 3.63) is 29.6 Å². The van der Waals surface area contributed by atoms with Gasteiger partial charge in [0.05, 0.1) is 5.69 Å². The van der Waals surface area contributed by atoms with E-state index in [1.165, 1.54) is 18.6 Å². The number of anilines is 1. The van der Waals surface area contributed by atoms with Crippen molar-refractivity contribution in [3.8, 4) is 0 Å². The number of nitrogens with two attached hydrogens (primary N) is 1. The molecule has 2 rings (SSSR count). The fourth-order valence-electron chi connectivity index (χ4n) is 2.58. The average Bonchev–Trinajstić information content (AvgIpc) is 2.33. The smallest absolute Gasteiger partial charge is 0.168 e. The first-order valence-corrected chi connectivity index (χ1v) is 6.13. The van der Waals surface area contributed by atoms with Gasteiger partial charge in [0.2, 0.25) is 0 Å². The summed E-state index contributed by atoms with van der Waals surface area (Å²) >= 11 is 0. The van der Waals surface area contributed by atoms with Gasteiger partial charge in [0.1, 0.15) is 5.82 Å². The Balaban J connectivity index is 2.26. The minimum Gasteiger partial charge on any atom is -0.396 e. The van der Waals surface area contributed by atoms with Gasteiger partial charge in [-0.25, -0.2) is 4.39 Å². The maximum Gasteiger partial charge on any atom is 0.168 e. The van der Waals surface area contributed by atoms with Gasteiger partial charge in [0, 0.05) is 11.0 Å². The third kappa shape index (κ3) is 2.33. The summed E-state index contributed by atoms with van der Waals surface area (Å²) in [5, 5.41) is 0. The van der Waals surface area contributed by atoms with Gasteiger partial charge in [-0.3, -0.25) is 4.79 Å². The van der Waals surface area contributed by atoms with Crippen LogP contribution in [-0.2, 0) is 0 Å². The molecule has 0 aromatic heterocycles. The second kappa shape index (κ2) is 4.47. The van der Waals surface area contributed by atoms with Gasteiger partial charge in [-0.2, -0.15) is 0 Å². The lowest BCUT2D eigenvalue weighted by Gasteiger charge is -2.32. The Labute approximate surface area is 101 Å². The van der Waals surface area contributed by atoms with Crippen LogP contribution in [-0.4, -0.2) is 5.78 Å². The number of Topliss-reactive ketones (excluding diaryl/α,β-unsaturated/α-hetero) is 1. The van der Waals surface area contributed by atoms with Crippen LogP contribution in [0.1, 0.15) is 49.4 Å². The lowest BCUT2D eigenvalue weighted by Crippen LogP contribution is -2.30. The zero-order chi connectivity index (χ0) is 12.5. The molecule has 2 N–H and O–H groups in total. The van der Waals surface area contributed by atoms with Crippen LogP contribution in [0.25, 0.3) is 0 Å². The van der Waals surface area contributed by atoms with Crippen LogP contribution in [0.2, 0.25) is 0 Å². The standard InChI is InChI=1S/C14H18FNO/c1-14(7-3-2-4-8-14)13(17)10-5-6-12(16)11(15)9-10/h5-6,9H,2-4,7-8,16H2,1H3. The number of hydrogen-bond acceptors (Lipinski definition) is 2. The molecule has 0 unspecified atom stereocenters. The lowest BCUT2D eigenvalue weighted by molar-refractivity contribution is 0.0749. The molecule has 1 aromatic rings. The van der Waals surface area contributed by atoms with E-state index < -0.39 is 5.82 Å². The van der Waals surface area contributed by atoms with Gasteiger partial charge >= 0.3 is 0 Å². The molecular weight excluding hydrogens is 217 g/mol. The molecule has 0 radical (unpaired) electrons. The zero-order valence-electron chi connectivity index (χ0n) is 10.1. The molecule has 0 spiro atoms. The maximum atomic E-state index is 13.4. The van der Waals surface area contributed by atoms with E-state index in [4.69, 9.17) is 5.73 Å². The molecule has 1 aliphatic rings. The summed E-state index contributed by atoms with van der Waals surface area (Å²) in [5.74, 6) is -0.452. The van der Waals surface area contributed by atoms with Crippen molar-refractivity contribution in [1.82, 2.24) is 0 Å². The Bertz CT molecular complexity index is 436. The number of carbonyl (C=O) groups is 1. The molecule has 3 heteroatoms. The first-order chi connectivity index (χ1) is 8.03. The average molecular weight is 235 g/mol. The van der Waals surface area contributed by atoms with Crippen LogP contribution in [0.5, 0.6) is 0 Å². The van der Waals surface area contributed by atoms with E-state index in [0.717, 1.165) is 25.7 Å². The summed E-state index contributed by atoms with van der Waals surface area (Å²) in [6, 6.07) is 4.35. The third-order valence-corrected chi connectivity index (χ3v) is 3.77. The molecule has 0 amide bonds. The molecule has 1 aromatic carbocycles. The summed E-state index contributed by atoms with van der Waals surface area (Å²) in [5.41, 5.74) is 5.63. The zero-order valence-corrected chi connectivity index (χ0v) is 10.1. The normalized spacial score (nSPS) is 18.9. The molecule has 1 aliphatic carbocycles. The number of rotatable bonds is 2. The SMILES string of the molecule is CC1(C(=O)c2ccc(N)c(F)c2)CCCCC1. The Morgan fingerprint density at radius 1 is 1.29 bits per heavy atom. The predicted molar refractivity (Wildman–Crippen MR) is 66.3 cm³/mol. The van der Waals surface area contributed by atoms with Gasteiger partial charge in [-0.15, -0.1) is 0 Å². The number of benzene rings is 1. The van der Waals surface area contributed by atoms with E-state index in [9.17, 15) is 9.18 Å². The molecule has 0 aliphatic heterocycles. The van der Waals surface area contributed by atoms with Crippen molar-refractivity contribution in [2.24, 2.45) is 5.41 Å². The highest BCUT2D eigenvalue weighted by Gasteiger charge is 2.35. The highest BCUT2D eigenvalue weighted by Crippen LogP contribution is 2.38. The fourth-order valence-corrected chi connectivity index (χ4v) is 2.58. The van der Waals surface area contributed by atoms with Gasteiger partial charge in [-0.1, -0.05) is 26.2 Å². The molecule has 2 nitrogen and oxygen atoms in total. The molecular formula is C14H18FNO. The topological polar surface area (TPSA) is 43.1 Å². The number of hydrogen-bond donors (Lipinski definition) is 1. The quantitative estimate of drug-likeness (QED) is 0.629.